The highest BCUT2D eigenvalue weighted by atomic mass is 32.2. The van der Waals surface area contributed by atoms with Gasteiger partial charge in [0.15, 0.2) is 9.84 Å². The molecule has 168 valence electrons. The number of sulfonamides is 1. The van der Waals surface area contributed by atoms with Gasteiger partial charge in [0.1, 0.15) is 0 Å². The van der Waals surface area contributed by atoms with Gasteiger partial charge in [-0.05, 0) is 36.2 Å². The lowest BCUT2D eigenvalue weighted by molar-refractivity contribution is -0.116. The Morgan fingerprint density at radius 3 is 2.29 bits per heavy atom. The number of hydrogen-bond donors (Lipinski definition) is 1. The lowest BCUT2D eigenvalue weighted by atomic mass is 10.1. The number of aryl methyl sites for hydroxylation is 1. The molecule has 10 heteroatoms. The Morgan fingerprint density at radius 1 is 1.00 bits per heavy atom. The first kappa shape index (κ1) is 23.4. The maximum Gasteiger partial charge on any atom is 0.243 e. The summed E-state index contributed by atoms with van der Waals surface area (Å²) in [6.07, 6.45) is 0.530. The minimum atomic E-state index is -3.55. The second-order valence-corrected chi connectivity index (χ2v) is 11.3. The summed E-state index contributed by atoms with van der Waals surface area (Å²) in [5.74, 6) is -0.372. The maximum absolute atomic E-state index is 12.7. The molecule has 3 rings (SSSR count). The molecule has 1 amide bonds. The first-order valence-corrected chi connectivity index (χ1v) is 13.1. The van der Waals surface area contributed by atoms with E-state index in [4.69, 9.17) is 4.74 Å². The lowest BCUT2D eigenvalue weighted by Gasteiger charge is -2.26. The van der Waals surface area contributed by atoms with Crippen molar-refractivity contribution in [1.82, 2.24) is 4.31 Å². The number of nitrogens with one attached hydrogen (secondary N) is 1. The van der Waals surface area contributed by atoms with Crippen LogP contribution in [0.5, 0.6) is 0 Å². The van der Waals surface area contributed by atoms with Crippen molar-refractivity contribution >= 4 is 31.5 Å². The van der Waals surface area contributed by atoms with Crippen LogP contribution in [-0.2, 0) is 35.8 Å². The van der Waals surface area contributed by atoms with Crippen molar-refractivity contribution in [3.8, 4) is 0 Å². The Morgan fingerprint density at radius 2 is 1.65 bits per heavy atom. The van der Waals surface area contributed by atoms with E-state index in [0.29, 0.717) is 32.7 Å². The quantitative estimate of drug-likeness (QED) is 0.638. The molecule has 31 heavy (non-hydrogen) atoms. The fourth-order valence-corrected chi connectivity index (χ4v) is 5.69. The standard InChI is InChI=1S/C21H26N2O6S2/c1-2-30(25,26)20-6-4-3-5-19(20)22-21(24)12-9-17-7-10-18(11-8-17)31(27,28)23-13-15-29-16-14-23/h3-8,10-11H,2,9,12-16H2,1H3,(H,22,24). The van der Waals surface area contributed by atoms with E-state index in [1.807, 2.05) is 0 Å². The van der Waals surface area contributed by atoms with Crippen LogP contribution in [0.3, 0.4) is 0 Å². The SMILES string of the molecule is CCS(=O)(=O)c1ccccc1NC(=O)CCc1ccc(S(=O)(=O)N2CCOCC2)cc1. The molecule has 2 aromatic carbocycles. The van der Waals surface area contributed by atoms with Crippen LogP contribution in [0.2, 0.25) is 0 Å². The Kier molecular flexibility index (Phi) is 7.47. The molecule has 0 bridgehead atoms. The highest BCUT2D eigenvalue weighted by Gasteiger charge is 2.26. The molecule has 1 fully saturated rings. The number of carbonyl (C=O) groups is 1. The third kappa shape index (κ3) is 5.70. The largest absolute Gasteiger partial charge is 0.379 e. The minimum Gasteiger partial charge on any atom is -0.379 e. The highest BCUT2D eigenvalue weighted by molar-refractivity contribution is 7.91. The van der Waals surface area contributed by atoms with E-state index in [9.17, 15) is 21.6 Å². The number of benzene rings is 2. The number of anilines is 1. The Bertz CT molecular complexity index is 1120. The Hall–Kier alpha value is -2.27. The number of nitrogens with zero attached hydrogens (tertiary/aromatic N) is 1. The Balaban J connectivity index is 1.62. The van der Waals surface area contributed by atoms with Crippen LogP contribution in [0.1, 0.15) is 18.9 Å². The van der Waals surface area contributed by atoms with Crippen LogP contribution >= 0.6 is 0 Å². The molecule has 0 aromatic heterocycles. The van der Waals surface area contributed by atoms with Crippen molar-refractivity contribution in [2.45, 2.75) is 29.6 Å². The molecule has 1 aliphatic rings. The third-order valence-electron chi connectivity index (χ3n) is 5.05. The lowest BCUT2D eigenvalue weighted by Crippen LogP contribution is -2.40. The van der Waals surface area contributed by atoms with Crippen molar-refractivity contribution in [1.29, 1.82) is 0 Å². The van der Waals surface area contributed by atoms with Crippen LogP contribution in [0.25, 0.3) is 0 Å². The first-order chi connectivity index (χ1) is 14.7. The zero-order valence-electron chi connectivity index (χ0n) is 17.3. The normalized spacial score (nSPS) is 15.5. The van der Waals surface area contributed by atoms with E-state index < -0.39 is 19.9 Å². The average Bonchev–Trinajstić information content (AvgIpc) is 2.79. The van der Waals surface area contributed by atoms with Gasteiger partial charge in [-0.3, -0.25) is 4.79 Å². The van der Waals surface area contributed by atoms with Crippen molar-refractivity contribution in [3.05, 3.63) is 54.1 Å². The van der Waals surface area contributed by atoms with Gasteiger partial charge >= 0.3 is 0 Å². The summed E-state index contributed by atoms with van der Waals surface area (Å²) in [5.41, 5.74) is 1.08. The Labute approximate surface area is 183 Å². The number of rotatable bonds is 8. The van der Waals surface area contributed by atoms with Crippen LogP contribution in [0.4, 0.5) is 5.69 Å². The predicted molar refractivity (Wildman–Crippen MR) is 117 cm³/mol. The second-order valence-electron chi connectivity index (χ2n) is 7.11. The van der Waals surface area contributed by atoms with Gasteiger partial charge in [-0.25, -0.2) is 16.8 Å². The van der Waals surface area contributed by atoms with Gasteiger partial charge in [0.25, 0.3) is 0 Å². The number of hydrogen-bond acceptors (Lipinski definition) is 6. The number of ether oxygens (including phenoxy) is 1. The van der Waals surface area contributed by atoms with E-state index in [2.05, 4.69) is 5.32 Å². The van der Waals surface area contributed by atoms with E-state index in [1.54, 1.807) is 49.4 Å². The molecule has 0 atom stereocenters. The topological polar surface area (TPSA) is 110 Å². The highest BCUT2D eigenvalue weighted by Crippen LogP contribution is 2.23. The molecule has 1 saturated heterocycles. The minimum absolute atomic E-state index is 0.0560. The molecule has 2 aromatic rings. The van der Waals surface area contributed by atoms with Crippen molar-refractivity contribution in [2.75, 3.05) is 37.4 Å². The molecule has 0 aliphatic carbocycles. The molecule has 0 saturated carbocycles. The summed E-state index contributed by atoms with van der Waals surface area (Å²) in [5, 5.41) is 2.67. The molecular formula is C21H26N2O6S2. The molecule has 1 N–H and O–H groups in total. The molecule has 0 spiro atoms. The van der Waals surface area contributed by atoms with Crippen LogP contribution < -0.4 is 5.32 Å². The number of amides is 1. The summed E-state index contributed by atoms with van der Waals surface area (Å²) in [6, 6.07) is 12.8. The summed E-state index contributed by atoms with van der Waals surface area (Å²) in [7, 11) is -7.01. The monoisotopic (exact) mass is 466 g/mol. The van der Waals surface area contributed by atoms with Gasteiger partial charge < -0.3 is 10.1 Å². The number of sulfone groups is 1. The molecule has 1 aliphatic heterocycles. The zero-order chi connectivity index (χ0) is 22.5. The molecule has 8 nitrogen and oxygen atoms in total. The molecule has 1 heterocycles. The third-order valence-corrected chi connectivity index (χ3v) is 8.75. The van der Waals surface area contributed by atoms with Crippen molar-refractivity contribution in [2.24, 2.45) is 0 Å². The fraction of sp³-hybridized carbons (Fsp3) is 0.381. The smallest absolute Gasteiger partial charge is 0.243 e. The zero-order valence-corrected chi connectivity index (χ0v) is 18.9. The van der Waals surface area contributed by atoms with Gasteiger partial charge in [0, 0.05) is 19.5 Å². The van der Waals surface area contributed by atoms with Crippen molar-refractivity contribution < 1.29 is 26.4 Å². The van der Waals surface area contributed by atoms with Crippen molar-refractivity contribution in [3.63, 3.8) is 0 Å². The summed E-state index contributed by atoms with van der Waals surface area (Å²) < 4.78 is 56.3. The molecule has 0 unspecified atom stereocenters. The summed E-state index contributed by atoms with van der Waals surface area (Å²) in [4.78, 5) is 12.7. The van der Waals surface area contributed by atoms with Crippen LogP contribution in [-0.4, -0.2) is 59.1 Å². The van der Waals surface area contributed by atoms with E-state index in [1.165, 1.54) is 10.4 Å². The molecular weight excluding hydrogens is 440 g/mol. The van der Waals surface area contributed by atoms with E-state index in [0.717, 1.165) is 5.56 Å². The second kappa shape index (κ2) is 9.90. The van der Waals surface area contributed by atoms with Gasteiger partial charge in [-0.2, -0.15) is 4.31 Å². The predicted octanol–water partition coefficient (Wildman–Crippen LogP) is 2.07. The van der Waals surface area contributed by atoms with Gasteiger partial charge in [-0.15, -0.1) is 0 Å². The number of carbonyl (C=O) groups excluding carboxylic acids is 1. The number of morpholine rings is 1. The fourth-order valence-electron chi connectivity index (χ4n) is 3.23. The maximum atomic E-state index is 12.7. The number of para-hydroxylation sites is 1. The first-order valence-electron chi connectivity index (χ1n) is 10.0. The summed E-state index contributed by atoms with van der Waals surface area (Å²) in [6.45, 7) is 2.99. The average molecular weight is 467 g/mol. The van der Waals surface area contributed by atoms with Gasteiger partial charge in [0.05, 0.1) is 34.4 Å². The van der Waals surface area contributed by atoms with E-state index >= 15 is 0 Å². The van der Waals surface area contributed by atoms with Gasteiger partial charge in [0.2, 0.25) is 15.9 Å². The molecule has 0 radical (unpaired) electrons. The van der Waals surface area contributed by atoms with E-state index in [-0.39, 0.29) is 33.6 Å². The van der Waals surface area contributed by atoms with Crippen LogP contribution in [0, 0.1) is 0 Å². The summed E-state index contributed by atoms with van der Waals surface area (Å²) >= 11 is 0. The van der Waals surface area contributed by atoms with Crippen LogP contribution in [0.15, 0.2) is 58.3 Å². The van der Waals surface area contributed by atoms with Gasteiger partial charge in [-0.1, -0.05) is 31.2 Å².